The molecule has 1 aromatic carbocycles. The van der Waals surface area contributed by atoms with E-state index in [1.54, 1.807) is 0 Å². The SMILES string of the molecule is C1=NCc2ccccc21.CC(C)(C)OCCN.Cl. The van der Waals surface area contributed by atoms with Gasteiger partial charge in [0.1, 0.15) is 0 Å². The summed E-state index contributed by atoms with van der Waals surface area (Å²) in [6.45, 7) is 8.19. The second-order valence-electron chi connectivity index (χ2n) is 4.92. The van der Waals surface area contributed by atoms with Crippen molar-refractivity contribution < 1.29 is 4.74 Å². The molecule has 0 saturated carbocycles. The van der Waals surface area contributed by atoms with E-state index in [1.165, 1.54) is 11.1 Å². The van der Waals surface area contributed by atoms with Crippen molar-refractivity contribution in [2.75, 3.05) is 13.2 Å². The number of hydrogen-bond donors (Lipinski definition) is 1. The molecule has 0 fully saturated rings. The number of halogens is 1. The zero-order chi connectivity index (χ0) is 12.7. The Morgan fingerprint density at radius 2 is 1.94 bits per heavy atom. The van der Waals surface area contributed by atoms with Gasteiger partial charge < -0.3 is 10.5 Å². The molecule has 0 atom stereocenters. The number of benzene rings is 1. The smallest absolute Gasteiger partial charge is 0.0646 e. The molecule has 0 amide bonds. The molecule has 1 aliphatic heterocycles. The third-order valence-corrected chi connectivity index (χ3v) is 2.20. The molecule has 102 valence electrons. The van der Waals surface area contributed by atoms with E-state index in [2.05, 4.69) is 17.1 Å². The van der Waals surface area contributed by atoms with Crippen molar-refractivity contribution in [3.8, 4) is 0 Å². The summed E-state index contributed by atoms with van der Waals surface area (Å²) >= 11 is 0. The topological polar surface area (TPSA) is 47.6 Å². The Balaban J connectivity index is 0.000000308. The van der Waals surface area contributed by atoms with Gasteiger partial charge in [-0.2, -0.15) is 0 Å². The first-order valence-electron chi connectivity index (χ1n) is 5.95. The summed E-state index contributed by atoms with van der Waals surface area (Å²) in [4.78, 5) is 4.13. The number of aliphatic imine (C=N–C) groups is 1. The number of fused-ring (bicyclic) bond motifs is 1. The van der Waals surface area contributed by atoms with Gasteiger partial charge in [-0.15, -0.1) is 12.4 Å². The van der Waals surface area contributed by atoms with Gasteiger partial charge in [0.25, 0.3) is 0 Å². The molecule has 0 unspecified atom stereocenters. The molecule has 0 bridgehead atoms. The van der Waals surface area contributed by atoms with Crippen LogP contribution < -0.4 is 5.73 Å². The first kappa shape index (κ1) is 17.1. The highest BCUT2D eigenvalue weighted by Gasteiger charge is 2.07. The molecule has 0 radical (unpaired) electrons. The second kappa shape index (κ2) is 8.25. The molecule has 18 heavy (non-hydrogen) atoms. The predicted molar refractivity (Wildman–Crippen MR) is 79.7 cm³/mol. The summed E-state index contributed by atoms with van der Waals surface area (Å²) in [6.07, 6.45) is 1.93. The van der Waals surface area contributed by atoms with E-state index >= 15 is 0 Å². The predicted octanol–water partition coefficient (Wildman–Crippen LogP) is 2.80. The molecule has 4 heteroatoms. The Morgan fingerprint density at radius 3 is 2.44 bits per heavy atom. The maximum absolute atomic E-state index is 5.25. The summed E-state index contributed by atoms with van der Waals surface area (Å²) in [5.41, 5.74) is 7.80. The Bertz CT molecular complexity index is 372. The van der Waals surface area contributed by atoms with E-state index in [1.807, 2.05) is 39.1 Å². The van der Waals surface area contributed by atoms with E-state index in [0.717, 1.165) is 6.54 Å². The van der Waals surface area contributed by atoms with Crippen LogP contribution >= 0.6 is 12.4 Å². The highest BCUT2D eigenvalue weighted by Crippen LogP contribution is 2.12. The molecule has 1 aromatic rings. The largest absolute Gasteiger partial charge is 0.375 e. The lowest BCUT2D eigenvalue weighted by Crippen LogP contribution is -2.23. The van der Waals surface area contributed by atoms with Gasteiger partial charge in [-0.1, -0.05) is 24.3 Å². The molecule has 0 aromatic heterocycles. The van der Waals surface area contributed by atoms with Crippen LogP contribution in [0.4, 0.5) is 0 Å². The van der Waals surface area contributed by atoms with Crippen LogP contribution in [0.2, 0.25) is 0 Å². The standard InChI is InChI=1S/C8H7N.C6H15NO.ClH/c1-2-4-8-6-9-5-7(8)3-1;1-6(2,3)8-5-4-7;/h1-5H,6H2;4-5,7H2,1-3H3;1H. The minimum absolute atomic E-state index is 0. The van der Waals surface area contributed by atoms with Gasteiger partial charge in [-0.25, -0.2) is 0 Å². The Hall–Kier alpha value is -0.900. The van der Waals surface area contributed by atoms with Crippen LogP contribution in [0.3, 0.4) is 0 Å². The fraction of sp³-hybridized carbons (Fsp3) is 0.500. The minimum atomic E-state index is -0.0284. The average molecular weight is 271 g/mol. The third kappa shape index (κ3) is 6.74. The van der Waals surface area contributed by atoms with Gasteiger partial charge in [-0.05, 0) is 31.9 Å². The Morgan fingerprint density at radius 1 is 1.28 bits per heavy atom. The number of hydrogen-bond acceptors (Lipinski definition) is 3. The van der Waals surface area contributed by atoms with Crippen molar-refractivity contribution in [1.82, 2.24) is 0 Å². The van der Waals surface area contributed by atoms with E-state index in [0.29, 0.717) is 13.2 Å². The van der Waals surface area contributed by atoms with Crippen LogP contribution in [0, 0.1) is 0 Å². The Kier molecular flexibility index (Phi) is 7.83. The van der Waals surface area contributed by atoms with Crippen molar-refractivity contribution in [2.45, 2.75) is 32.9 Å². The van der Waals surface area contributed by atoms with Crippen molar-refractivity contribution in [2.24, 2.45) is 10.7 Å². The van der Waals surface area contributed by atoms with Crippen molar-refractivity contribution >= 4 is 18.6 Å². The molecule has 2 N–H and O–H groups in total. The molecule has 0 aliphatic carbocycles. The molecule has 2 rings (SSSR count). The van der Waals surface area contributed by atoms with Gasteiger partial charge in [0.15, 0.2) is 0 Å². The molecule has 3 nitrogen and oxygen atoms in total. The first-order valence-corrected chi connectivity index (χ1v) is 5.95. The normalized spacial score (nSPS) is 12.2. The van der Waals surface area contributed by atoms with Gasteiger partial charge in [0.05, 0.1) is 18.8 Å². The van der Waals surface area contributed by atoms with Crippen LogP contribution in [0.1, 0.15) is 31.9 Å². The monoisotopic (exact) mass is 270 g/mol. The molecule has 0 spiro atoms. The summed E-state index contributed by atoms with van der Waals surface area (Å²) in [7, 11) is 0. The van der Waals surface area contributed by atoms with E-state index in [9.17, 15) is 0 Å². The van der Waals surface area contributed by atoms with Crippen LogP contribution in [-0.4, -0.2) is 25.0 Å². The molecule has 0 saturated heterocycles. The van der Waals surface area contributed by atoms with Crippen LogP contribution in [-0.2, 0) is 11.3 Å². The minimum Gasteiger partial charge on any atom is -0.375 e. The summed E-state index contributed by atoms with van der Waals surface area (Å²) in [5, 5.41) is 0. The maximum atomic E-state index is 5.25. The number of ether oxygens (including phenoxy) is 1. The molecular weight excluding hydrogens is 248 g/mol. The lowest BCUT2D eigenvalue weighted by molar-refractivity contribution is 0.00195. The van der Waals surface area contributed by atoms with Gasteiger partial charge >= 0.3 is 0 Å². The summed E-state index contributed by atoms with van der Waals surface area (Å²) < 4.78 is 5.25. The third-order valence-electron chi connectivity index (χ3n) is 2.20. The average Bonchev–Trinajstić information content (AvgIpc) is 2.74. The van der Waals surface area contributed by atoms with Crippen LogP contribution in [0.25, 0.3) is 0 Å². The van der Waals surface area contributed by atoms with Crippen LogP contribution in [0.5, 0.6) is 0 Å². The molecule has 1 aliphatic rings. The fourth-order valence-corrected chi connectivity index (χ4v) is 1.41. The van der Waals surface area contributed by atoms with E-state index in [4.69, 9.17) is 10.5 Å². The highest BCUT2D eigenvalue weighted by molar-refractivity contribution is 5.85. The summed E-state index contributed by atoms with van der Waals surface area (Å²) in [6, 6.07) is 8.29. The second-order valence-corrected chi connectivity index (χ2v) is 4.92. The van der Waals surface area contributed by atoms with Gasteiger partial charge in [-0.3, -0.25) is 4.99 Å². The fourth-order valence-electron chi connectivity index (χ4n) is 1.41. The lowest BCUT2D eigenvalue weighted by atomic mass is 10.1. The van der Waals surface area contributed by atoms with Crippen molar-refractivity contribution in [1.29, 1.82) is 0 Å². The van der Waals surface area contributed by atoms with Crippen LogP contribution in [0.15, 0.2) is 29.3 Å². The van der Waals surface area contributed by atoms with Gasteiger partial charge in [0.2, 0.25) is 0 Å². The van der Waals surface area contributed by atoms with E-state index in [-0.39, 0.29) is 18.0 Å². The Labute approximate surface area is 116 Å². The lowest BCUT2D eigenvalue weighted by Gasteiger charge is -2.18. The summed E-state index contributed by atoms with van der Waals surface area (Å²) in [5.74, 6) is 0. The first-order chi connectivity index (χ1) is 8.03. The molecule has 1 heterocycles. The van der Waals surface area contributed by atoms with E-state index < -0.39 is 0 Å². The maximum Gasteiger partial charge on any atom is 0.0646 e. The van der Waals surface area contributed by atoms with Crippen molar-refractivity contribution in [3.63, 3.8) is 0 Å². The van der Waals surface area contributed by atoms with Gasteiger partial charge in [0, 0.05) is 12.8 Å². The molecular formula is C14H23ClN2O. The van der Waals surface area contributed by atoms with Crippen molar-refractivity contribution in [3.05, 3.63) is 35.4 Å². The number of nitrogens with two attached hydrogens (primary N) is 1. The zero-order valence-electron chi connectivity index (χ0n) is 11.3. The zero-order valence-corrected chi connectivity index (χ0v) is 12.2. The highest BCUT2D eigenvalue weighted by atomic mass is 35.5. The number of nitrogens with zero attached hydrogens (tertiary/aromatic N) is 1. The quantitative estimate of drug-likeness (QED) is 0.898. The number of rotatable bonds is 2.